The molecule has 0 spiro atoms. The van der Waals surface area contributed by atoms with Crippen LogP contribution in [0.5, 0.6) is 0 Å². The van der Waals surface area contributed by atoms with Gasteiger partial charge in [-0.1, -0.05) is 12.1 Å². The number of benzene rings is 1. The molecule has 0 saturated carbocycles. The molecule has 0 aromatic heterocycles. The lowest BCUT2D eigenvalue weighted by Crippen LogP contribution is -2.99. The second kappa shape index (κ2) is 8.90. The first-order valence-electron chi connectivity index (χ1n) is 6.51. The maximum absolute atomic E-state index is 11.2. The van der Waals surface area contributed by atoms with Gasteiger partial charge in [0, 0.05) is 12.1 Å². The standard InChI is InChI=1S/C13H19N3O5/c1-3-20-12(14-15-13(17)21-4-2)9-10-5-7-11(8-6-10)16(18)19/h5-8,16,18H,3-4,9H2,1-2H3,(H,15,17)/b14-12-. The third kappa shape index (κ3) is 6.21. The van der Waals surface area contributed by atoms with Crippen molar-refractivity contribution in [3.63, 3.8) is 0 Å². The number of hydrogen-bond acceptors (Lipinski definition) is 6. The van der Waals surface area contributed by atoms with Gasteiger partial charge in [-0.05, 0) is 19.4 Å². The summed E-state index contributed by atoms with van der Waals surface area (Å²) in [6.07, 6.45) is -0.323. The summed E-state index contributed by atoms with van der Waals surface area (Å²) >= 11 is 0. The molecule has 21 heavy (non-hydrogen) atoms. The van der Waals surface area contributed by atoms with E-state index in [0.717, 1.165) is 5.56 Å². The zero-order valence-corrected chi connectivity index (χ0v) is 12.0. The van der Waals surface area contributed by atoms with E-state index in [1.807, 2.05) is 0 Å². The second-order valence-corrected chi connectivity index (χ2v) is 3.95. The van der Waals surface area contributed by atoms with Crippen LogP contribution in [-0.4, -0.2) is 30.4 Å². The summed E-state index contributed by atoms with van der Waals surface area (Å²) in [6, 6.07) is 6.34. The third-order valence-corrected chi connectivity index (χ3v) is 2.41. The molecule has 0 aliphatic rings. The van der Waals surface area contributed by atoms with Gasteiger partial charge in [0.25, 0.3) is 0 Å². The summed E-state index contributed by atoms with van der Waals surface area (Å²) in [4.78, 5) is 11.2. The number of hydrazone groups is 1. The fourth-order valence-electron chi connectivity index (χ4n) is 1.50. The molecular formula is C13H19N3O5. The van der Waals surface area contributed by atoms with Gasteiger partial charge in [0.1, 0.15) is 0 Å². The molecular weight excluding hydrogens is 278 g/mol. The molecule has 8 heteroatoms. The van der Waals surface area contributed by atoms with Crippen LogP contribution in [-0.2, 0) is 15.9 Å². The van der Waals surface area contributed by atoms with Crippen LogP contribution in [0.4, 0.5) is 10.5 Å². The minimum Gasteiger partial charge on any atom is -0.595 e. The molecule has 0 saturated heterocycles. The molecule has 0 bridgehead atoms. The Morgan fingerprint density at radius 1 is 1.29 bits per heavy atom. The molecule has 3 N–H and O–H groups in total. The quantitative estimate of drug-likeness (QED) is 0.407. The number of amides is 1. The van der Waals surface area contributed by atoms with Gasteiger partial charge in [-0.2, -0.15) is 5.23 Å². The lowest BCUT2D eigenvalue weighted by Gasteiger charge is -2.12. The van der Waals surface area contributed by atoms with Crippen molar-refractivity contribution in [1.29, 1.82) is 0 Å². The van der Waals surface area contributed by atoms with Crippen molar-refractivity contribution in [3.8, 4) is 0 Å². The highest BCUT2D eigenvalue weighted by molar-refractivity contribution is 5.80. The van der Waals surface area contributed by atoms with Crippen LogP contribution < -0.4 is 10.7 Å². The van der Waals surface area contributed by atoms with Crippen molar-refractivity contribution >= 4 is 17.7 Å². The van der Waals surface area contributed by atoms with Gasteiger partial charge in [-0.25, -0.2) is 15.4 Å². The largest absolute Gasteiger partial charge is 0.595 e. The number of nitrogens with zero attached hydrogens (tertiary/aromatic N) is 1. The molecule has 0 fully saturated rings. The van der Waals surface area contributed by atoms with Crippen LogP contribution in [0.1, 0.15) is 19.4 Å². The van der Waals surface area contributed by atoms with Gasteiger partial charge < -0.3 is 14.7 Å². The highest BCUT2D eigenvalue weighted by Crippen LogP contribution is 2.07. The second-order valence-electron chi connectivity index (χ2n) is 3.95. The maximum atomic E-state index is 11.2. The smallest absolute Gasteiger partial charge is 0.427 e. The summed E-state index contributed by atoms with van der Waals surface area (Å²) in [6.45, 7) is 4.14. The fourth-order valence-corrected chi connectivity index (χ4v) is 1.50. The van der Waals surface area contributed by atoms with Gasteiger partial charge >= 0.3 is 6.09 Å². The molecule has 1 aromatic rings. The number of carbonyl (C=O) groups is 1. The van der Waals surface area contributed by atoms with E-state index in [2.05, 4.69) is 15.3 Å². The van der Waals surface area contributed by atoms with E-state index < -0.39 is 11.3 Å². The number of ether oxygens (including phenoxy) is 2. The van der Waals surface area contributed by atoms with Crippen molar-refractivity contribution in [1.82, 2.24) is 5.43 Å². The number of rotatable bonds is 6. The Bertz CT molecular complexity index is 473. The molecule has 0 aliphatic heterocycles. The predicted octanol–water partition coefficient (Wildman–Crippen LogP) is 0.729. The van der Waals surface area contributed by atoms with Crippen molar-refractivity contribution < 1.29 is 24.7 Å². The highest BCUT2D eigenvalue weighted by Gasteiger charge is 2.06. The molecule has 0 radical (unpaired) electrons. The first-order valence-corrected chi connectivity index (χ1v) is 6.51. The van der Waals surface area contributed by atoms with Gasteiger partial charge in [0.15, 0.2) is 5.69 Å². The molecule has 1 amide bonds. The van der Waals surface area contributed by atoms with Gasteiger partial charge in [-0.15, -0.1) is 5.10 Å². The highest BCUT2D eigenvalue weighted by atomic mass is 16.8. The first kappa shape index (κ1) is 16.9. The van der Waals surface area contributed by atoms with E-state index in [0.29, 0.717) is 18.9 Å². The Balaban J connectivity index is 2.68. The Labute approximate surface area is 122 Å². The molecule has 0 aliphatic carbocycles. The van der Waals surface area contributed by atoms with Crippen molar-refractivity contribution in [3.05, 3.63) is 35.0 Å². The number of nitrogens with one attached hydrogen (secondary N) is 2. The van der Waals surface area contributed by atoms with Crippen molar-refractivity contribution in [2.45, 2.75) is 20.3 Å². The molecule has 0 heterocycles. The van der Waals surface area contributed by atoms with E-state index >= 15 is 0 Å². The lowest BCUT2D eigenvalue weighted by atomic mass is 10.1. The first-order chi connectivity index (χ1) is 10.1. The monoisotopic (exact) mass is 297 g/mol. The Morgan fingerprint density at radius 2 is 1.90 bits per heavy atom. The average molecular weight is 297 g/mol. The summed E-state index contributed by atoms with van der Waals surface area (Å²) < 4.78 is 10.0. The van der Waals surface area contributed by atoms with E-state index in [9.17, 15) is 10.0 Å². The molecule has 116 valence electrons. The average Bonchev–Trinajstić information content (AvgIpc) is 2.46. The normalized spacial score (nSPS) is 12.7. The van der Waals surface area contributed by atoms with Crippen LogP contribution in [0.25, 0.3) is 0 Å². The van der Waals surface area contributed by atoms with Gasteiger partial charge in [0.05, 0.1) is 19.6 Å². The SMILES string of the molecule is CCOC(=O)N/N=C(/Cc1ccc([NH+]([O-])O)cc1)OCC. The summed E-state index contributed by atoms with van der Waals surface area (Å²) in [5.74, 6) is 0.314. The molecule has 1 atom stereocenters. The summed E-state index contributed by atoms with van der Waals surface area (Å²) in [7, 11) is 0. The van der Waals surface area contributed by atoms with E-state index in [-0.39, 0.29) is 12.3 Å². The van der Waals surface area contributed by atoms with Crippen molar-refractivity contribution in [2.75, 3.05) is 13.2 Å². The number of carbonyl (C=O) groups excluding carboxylic acids is 1. The van der Waals surface area contributed by atoms with Crippen LogP contribution in [0, 0.1) is 5.21 Å². The van der Waals surface area contributed by atoms with Gasteiger partial charge in [0.2, 0.25) is 5.90 Å². The molecule has 1 rings (SSSR count). The minimum atomic E-state index is -0.982. The van der Waals surface area contributed by atoms with Gasteiger partial charge in [-0.3, -0.25) is 0 Å². The Hall–Kier alpha value is -2.16. The van der Waals surface area contributed by atoms with E-state index in [4.69, 9.17) is 9.94 Å². The molecule has 8 nitrogen and oxygen atoms in total. The van der Waals surface area contributed by atoms with E-state index in [1.165, 1.54) is 12.1 Å². The van der Waals surface area contributed by atoms with Crippen LogP contribution in [0.3, 0.4) is 0 Å². The zero-order valence-electron chi connectivity index (χ0n) is 12.0. The number of hydrogen-bond donors (Lipinski definition) is 3. The van der Waals surface area contributed by atoms with Crippen LogP contribution in [0.2, 0.25) is 0 Å². The topological polar surface area (TPSA) is 108 Å². The predicted molar refractivity (Wildman–Crippen MR) is 75.1 cm³/mol. The summed E-state index contributed by atoms with van der Waals surface area (Å²) in [5.41, 5.74) is 3.25. The van der Waals surface area contributed by atoms with Crippen LogP contribution >= 0.6 is 0 Å². The zero-order chi connectivity index (χ0) is 15.7. The van der Waals surface area contributed by atoms with Crippen LogP contribution in [0.15, 0.2) is 29.4 Å². The van der Waals surface area contributed by atoms with E-state index in [1.54, 1.807) is 26.0 Å². The molecule has 1 aromatic carbocycles. The number of quaternary nitrogens is 1. The minimum absolute atomic E-state index is 0.207. The third-order valence-electron chi connectivity index (χ3n) is 2.41. The fraction of sp³-hybridized carbons (Fsp3) is 0.385. The Morgan fingerprint density at radius 3 is 2.43 bits per heavy atom. The molecule has 1 unspecified atom stereocenters. The summed E-state index contributed by atoms with van der Waals surface area (Å²) in [5, 5.41) is 22.5. The van der Waals surface area contributed by atoms with Crippen molar-refractivity contribution in [2.24, 2.45) is 5.10 Å². The Kier molecular flexibility index (Phi) is 7.16. The lowest BCUT2D eigenvalue weighted by molar-refractivity contribution is -0.991. The maximum Gasteiger partial charge on any atom is 0.427 e.